The highest BCUT2D eigenvalue weighted by atomic mass is 79.9. The van der Waals surface area contributed by atoms with Gasteiger partial charge in [-0.15, -0.1) is 0 Å². The normalized spacial score (nSPS) is 13.6. The van der Waals surface area contributed by atoms with Crippen LogP contribution in [0.1, 0.15) is 32.4 Å². The van der Waals surface area contributed by atoms with Gasteiger partial charge in [0.1, 0.15) is 6.04 Å². The number of carbonyl (C=O) groups excluding carboxylic acids is 2. The molecule has 0 radical (unpaired) electrons. The van der Waals surface area contributed by atoms with Crippen molar-refractivity contribution in [3.63, 3.8) is 0 Å². The Kier molecular flexibility index (Phi) is 5.34. The number of nitrogens with one attached hydrogen (secondary N) is 2. The Morgan fingerprint density at radius 3 is 2.33 bits per heavy atom. The van der Waals surface area contributed by atoms with Crippen LogP contribution < -0.4 is 10.6 Å². The zero-order valence-corrected chi connectivity index (χ0v) is 12.2. The minimum absolute atomic E-state index is 0.121. The van der Waals surface area contributed by atoms with Gasteiger partial charge < -0.3 is 10.6 Å². The fraction of sp³-hybridized carbons (Fsp3) is 0.385. The Morgan fingerprint density at radius 2 is 1.78 bits per heavy atom. The van der Waals surface area contributed by atoms with Gasteiger partial charge in [-0.25, -0.2) is 0 Å². The van der Waals surface area contributed by atoms with E-state index in [9.17, 15) is 9.59 Å². The summed E-state index contributed by atoms with van der Waals surface area (Å²) in [6, 6.07) is 7.05. The van der Waals surface area contributed by atoms with Crippen LogP contribution in [-0.2, 0) is 9.59 Å². The largest absolute Gasteiger partial charge is 0.348 e. The zero-order chi connectivity index (χ0) is 13.7. The van der Waals surface area contributed by atoms with Gasteiger partial charge in [0.15, 0.2) is 0 Å². The van der Waals surface area contributed by atoms with E-state index in [2.05, 4.69) is 26.6 Å². The van der Waals surface area contributed by atoms with E-state index in [-0.39, 0.29) is 17.9 Å². The Morgan fingerprint density at radius 1 is 1.17 bits per heavy atom. The Labute approximate surface area is 115 Å². The van der Waals surface area contributed by atoms with Crippen LogP contribution in [0.3, 0.4) is 0 Å². The van der Waals surface area contributed by atoms with Gasteiger partial charge in [0.2, 0.25) is 11.8 Å². The summed E-state index contributed by atoms with van der Waals surface area (Å²) in [4.78, 5) is 22.7. The fourth-order valence-electron chi connectivity index (χ4n) is 1.61. The molecule has 2 amide bonds. The van der Waals surface area contributed by atoms with E-state index < -0.39 is 6.04 Å². The van der Waals surface area contributed by atoms with Crippen LogP contribution in [0, 0.1) is 0 Å². The van der Waals surface area contributed by atoms with Crippen LogP contribution in [0.5, 0.6) is 0 Å². The number of rotatable bonds is 4. The lowest BCUT2D eigenvalue weighted by Crippen LogP contribution is -2.44. The summed E-state index contributed by atoms with van der Waals surface area (Å²) in [5.41, 5.74) is 1.00. The summed E-state index contributed by atoms with van der Waals surface area (Å²) in [5.74, 6) is -0.417. The molecule has 18 heavy (non-hydrogen) atoms. The van der Waals surface area contributed by atoms with Gasteiger partial charge >= 0.3 is 0 Å². The molecule has 0 unspecified atom stereocenters. The maximum Gasteiger partial charge on any atom is 0.242 e. The second-order valence-electron chi connectivity index (χ2n) is 4.17. The van der Waals surface area contributed by atoms with Crippen LogP contribution in [-0.4, -0.2) is 17.9 Å². The van der Waals surface area contributed by atoms with E-state index in [1.807, 2.05) is 31.2 Å². The molecule has 2 atom stereocenters. The van der Waals surface area contributed by atoms with Gasteiger partial charge in [-0.3, -0.25) is 9.59 Å². The van der Waals surface area contributed by atoms with Crippen molar-refractivity contribution in [3.8, 4) is 0 Å². The van der Waals surface area contributed by atoms with E-state index in [0.29, 0.717) is 0 Å². The van der Waals surface area contributed by atoms with Gasteiger partial charge in [0.05, 0.1) is 6.04 Å². The topological polar surface area (TPSA) is 58.2 Å². The number of carbonyl (C=O) groups is 2. The van der Waals surface area contributed by atoms with Crippen LogP contribution >= 0.6 is 15.9 Å². The molecular formula is C13H17BrN2O2. The highest BCUT2D eigenvalue weighted by Crippen LogP contribution is 2.22. The summed E-state index contributed by atoms with van der Waals surface area (Å²) in [7, 11) is 0. The molecule has 1 aromatic carbocycles. The van der Waals surface area contributed by atoms with Crippen LogP contribution in [0.4, 0.5) is 0 Å². The first-order valence-corrected chi connectivity index (χ1v) is 6.53. The third-order valence-electron chi connectivity index (χ3n) is 2.54. The van der Waals surface area contributed by atoms with Gasteiger partial charge in [0, 0.05) is 11.4 Å². The Balaban J connectivity index is 2.65. The number of hydrogen-bond acceptors (Lipinski definition) is 2. The van der Waals surface area contributed by atoms with Crippen LogP contribution in [0.25, 0.3) is 0 Å². The minimum atomic E-state index is -0.535. The molecule has 0 bridgehead atoms. The smallest absolute Gasteiger partial charge is 0.242 e. The van der Waals surface area contributed by atoms with Crippen molar-refractivity contribution in [2.45, 2.75) is 32.9 Å². The summed E-state index contributed by atoms with van der Waals surface area (Å²) in [5, 5.41) is 5.41. The van der Waals surface area contributed by atoms with Crippen molar-refractivity contribution in [1.29, 1.82) is 0 Å². The van der Waals surface area contributed by atoms with E-state index in [0.717, 1.165) is 10.0 Å². The van der Waals surface area contributed by atoms with Gasteiger partial charge in [-0.1, -0.05) is 34.1 Å². The summed E-state index contributed by atoms with van der Waals surface area (Å²) in [6.45, 7) is 4.95. The number of halogens is 1. The number of amides is 2. The van der Waals surface area contributed by atoms with E-state index >= 15 is 0 Å². The third-order valence-corrected chi connectivity index (χ3v) is 3.27. The van der Waals surface area contributed by atoms with Crippen molar-refractivity contribution in [3.05, 3.63) is 34.3 Å². The monoisotopic (exact) mass is 312 g/mol. The Bertz CT molecular complexity index is 448. The second kappa shape index (κ2) is 6.54. The maximum absolute atomic E-state index is 11.8. The molecule has 1 aromatic rings. The van der Waals surface area contributed by atoms with Crippen molar-refractivity contribution in [2.75, 3.05) is 0 Å². The lowest BCUT2D eigenvalue weighted by molar-refractivity contribution is -0.128. The SMILES string of the molecule is CC(=O)N[C@H](C)C(=O)N[C@@H](C)c1ccccc1Br. The number of benzene rings is 1. The molecule has 0 saturated carbocycles. The lowest BCUT2D eigenvalue weighted by atomic mass is 10.1. The molecule has 0 spiro atoms. The summed E-state index contributed by atoms with van der Waals surface area (Å²) < 4.78 is 0.949. The molecule has 0 heterocycles. The van der Waals surface area contributed by atoms with Crippen molar-refractivity contribution < 1.29 is 9.59 Å². The molecule has 1 rings (SSSR count). The molecule has 2 N–H and O–H groups in total. The average Bonchev–Trinajstić information content (AvgIpc) is 2.28. The average molecular weight is 313 g/mol. The molecule has 0 aliphatic rings. The third kappa shape index (κ3) is 4.14. The molecule has 0 aromatic heterocycles. The maximum atomic E-state index is 11.8. The van der Waals surface area contributed by atoms with E-state index in [1.54, 1.807) is 6.92 Å². The van der Waals surface area contributed by atoms with Crippen molar-refractivity contribution in [1.82, 2.24) is 10.6 Å². The van der Waals surface area contributed by atoms with Crippen LogP contribution in [0.15, 0.2) is 28.7 Å². The quantitative estimate of drug-likeness (QED) is 0.895. The molecule has 5 heteroatoms. The Hall–Kier alpha value is -1.36. The predicted molar refractivity (Wildman–Crippen MR) is 74.0 cm³/mol. The van der Waals surface area contributed by atoms with E-state index in [4.69, 9.17) is 0 Å². The molecule has 0 saturated heterocycles. The van der Waals surface area contributed by atoms with Crippen LogP contribution in [0.2, 0.25) is 0 Å². The predicted octanol–water partition coefficient (Wildman–Crippen LogP) is 2.15. The van der Waals surface area contributed by atoms with Gasteiger partial charge in [-0.05, 0) is 25.5 Å². The lowest BCUT2D eigenvalue weighted by Gasteiger charge is -2.19. The second-order valence-corrected chi connectivity index (χ2v) is 5.03. The molecule has 4 nitrogen and oxygen atoms in total. The van der Waals surface area contributed by atoms with Crippen molar-refractivity contribution in [2.24, 2.45) is 0 Å². The first-order valence-electron chi connectivity index (χ1n) is 5.73. The molecule has 0 aliphatic carbocycles. The molecule has 0 aliphatic heterocycles. The number of hydrogen-bond donors (Lipinski definition) is 2. The summed E-state index contributed by atoms with van der Waals surface area (Å²) in [6.07, 6.45) is 0. The van der Waals surface area contributed by atoms with E-state index in [1.165, 1.54) is 6.92 Å². The molecular weight excluding hydrogens is 296 g/mol. The highest BCUT2D eigenvalue weighted by Gasteiger charge is 2.17. The zero-order valence-electron chi connectivity index (χ0n) is 10.7. The van der Waals surface area contributed by atoms with Crippen molar-refractivity contribution >= 4 is 27.7 Å². The first kappa shape index (κ1) is 14.7. The minimum Gasteiger partial charge on any atom is -0.348 e. The van der Waals surface area contributed by atoms with Gasteiger partial charge in [0.25, 0.3) is 0 Å². The molecule has 0 fully saturated rings. The first-order chi connectivity index (χ1) is 8.41. The molecule has 98 valence electrons. The summed E-state index contributed by atoms with van der Waals surface area (Å²) >= 11 is 3.44. The van der Waals surface area contributed by atoms with Gasteiger partial charge in [-0.2, -0.15) is 0 Å². The fourth-order valence-corrected chi connectivity index (χ4v) is 2.24. The highest BCUT2D eigenvalue weighted by molar-refractivity contribution is 9.10. The standard InChI is InChI=1S/C13H17BrN2O2/c1-8(11-6-4-5-7-12(11)14)16-13(18)9(2)15-10(3)17/h4-9H,1-3H3,(H,15,17)(H,16,18)/t8-,9+/m0/s1.